The van der Waals surface area contributed by atoms with Crippen molar-refractivity contribution in [2.45, 2.75) is 26.3 Å². The Morgan fingerprint density at radius 3 is 2.29 bits per heavy atom. The van der Waals surface area contributed by atoms with Crippen molar-refractivity contribution in [1.29, 1.82) is 0 Å². The van der Waals surface area contributed by atoms with Gasteiger partial charge in [0.1, 0.15) is 5.82 Å². The number of benzene rings is 1. The van der Waals surface area contributed by atoms with E-state index in [0.717, 1.165) is 6.26 Å². The Labute approximate surface area is 125 Å². The van der Waals surface area contributed by atoms with Crippen molar-refractivity contribution in [2.75, 3.05) is 12.8 Å². The highest BCUT2D eigenvalue weighted by molar-refractivity contribution is 7.88. The van der Waals surface area contributed by atoms with E-state index in [4.69, 9.17) is 0 Å². The zero-order valence-corrected chi connectivity index (χ0v) is 13.2. The number of sulfonamides is 1. The molecule has 1 atom stereocenters. The Morgan fingerprint density at radius 2 is 1.81 bits per heavy atom. The van der Waals surface area contributed by atoms with Crippen LogP contribution in [0, 0.1) is 11.7 Å². The highest BCUT2D eigenvalue weighted by atomic mass is 32.2. The molecule has 0 aliphatic carbocycles. The number of hydrogen-bond acceptors (Lipinski definition) is 3. The maximum atomic E-state index is 12.9. The van der Waals surface area contributed by atoms with Crippen LogP contribution >= 0.6 is 0 Å². The number of rotatable bonds is 7. The first kappa shape index (κ1) is 17.6. The lowest BCUT2D eigenvalue weighted by Crippen LogP contribution is -2.34. The molecule has 0 aromatic heterocycles. The summed E-state index contributed by atoms with van der Waals surface area (Å²) >= 11 is 0. The Kier molecular flexibility index (Phi) is 6.29. The van der Waals surface area contributed by atoms with E-state index in [1.54, 1.807) is 0 Å². The minimum Gasteiger partial charge on any atom is -0.356 e. The lowest BCUT2D eigenvalue weighted by Gasteiger charge is -2.18. The predicted octanol–water partition coefficient (Wildman–Crippen LogP) is 1.58. The quantitative estimate of drug-likeness (QED) is 0.802. The number of hydrogen-bond donors (Lipinski definition) is 2. The van der Waals surface area contributed by atoms with Crippen molar-refractivity contribution in [1.82, 2.24) is 10.0 Å². The molecule has 0 spiro atoms. The largest absolute Gasteiger partial charge is 0.356 e. The molecule has 0 saturated carbocycles. The van der Waals surface area contributed by atoms with Gasteiger partial charge in [0, 0.05) is 13.0 Å². The third-order valence-electron chi connectivity index (χ3n) is 2.73. The summed E-state index contributed by atoms with van der Waals surface area (Å²) < 4.78 is 38.2. The fourth-order valence-electron chi connectivity index (χ4n) is 1.76. The fourth-order valence-corrected chi connectivity index (χ4v) is 2.49. The first-order valence-electron chi connectivity index (χ1n) is 6.67. The average Bonchev–Trinajstić information content (AvgIpc) is 2.35. The molecule has 1 aromatic rings. The summed E-state index contributed by atoms with van der Waals surface area (Å²) in [6.07, 6.45) is 0.987. The predicted molar refractivity (Wildman–Crippen MR) is 79.6 cm³/mol. The third-order valence-corrected chi connectivity index (χ3v) is 3.44. The van der Waals surface area contributed by atoms with E-state index < -0.39 is 21.9 Å². The summed E-state index contributed by atoms with van der Waals surface area (Å²) in [5, 5.41) is 2.73. The zero-order valence-electron chi connectivity index (χ0n) is 12.4. The molecule has 0 fully saturated rings. The van der Waals surface area contributed by atoms with E-state index >= 15 is 0 Å². The highest BCUT2D eigenvalue weighted by Crippen LogP contribution is 2.18. The van der Waals surface area contributed by atoms with Crippen LogP contribution in [-0.4, -0.2) is 27.1 Å². The second-order valence-corrected chi connectivity index (χ2v) is 7.18. The highest BCUT2D eigenvalue weighted by Gasteiger charge is 2.19. The molecular formula is C14H21FN2O3S. The number of carbonyl (C=O) groups excluding carboxylic acids is 1. The summed E-state index contributed by atoms with van der Waals surface area (Å²) in [5.74, 6) is -0.364. The van der Waals surface area contributed by atoms with Gasteiger partial charge in [-0.15, -0.1) is 0 Å². The van der Waals surface area contributed by atoms with Crippen LogP contribution < -0.4 is 10.0 Å². The summed E-state index contributed by atoms with van der Waals surface area (Å²) in [6.45, 7) is 4.45. The van der Waals surface area contributed by atoms with Crippen LogP contribution in [0.5, 0.6) is 0 Å². The van der Waals surface area contributed by atoms with Gasteiger partial charge in [-0.25, -0.2) is 17.5 Å². The minimum atomic E-state index is -3.48. The Morgan fingerprint density at radius 1 is 1.24 bits per heavy atom. The fraction of sp³-hybridized carbons (Fsp3) is 0.500. The summed E-state index contributed by atoms with van der Waals surface area (Å²) in [4.78, 5) is 11.9. The van der Waals surface area contributed by atoms with Gasteiger partial charge in [0.15, 0.2) is 0 Å². The lowest BCUT2D eigenvalue weighted by atomic mass is 10.0. The average molecular weight is 316 g/mol. The molecule has 1 aromatic carbocycles. The molecule has 5 nitrogen and oxygen atoms in total. The first-order chi connectivity index (χ1) is 9.67. The summed E-state index contributed by atoms with van der Waals surface area (Å²) in [5.41, 5.74) is 0.543. The molecule has 0 heterocycles. The monoisotopic (exact) mass is 316 g/mol. The molecule has 118 valence electrons. The molecule has 0 radical (unpaired) electrons. The summed E-state index contributed by atoms with van der Waals surface area (Å²) in [6, 6.07) is 4.69. The Balaban J connectivity index is 2.82. The van der Waals surface area contributed by atoms with Crippen LogP contribution in [0.1, 0.15) is 31.9 Å². The van der Waals surface area contributed by atoms with Gasteiger partial charge >= 0.3 is 0 Å². The van der Waals surface area contributed by atoms with Gasteiger partial charge in [-0.2, -0.15) is 0 Å². The van der Waals surface area contributed by atoms with Crippen LogP contribution in [0.4, 0.5) is 4.39 Å². The van der Waals surface area contributed by atoms with Gasteiger partial charge in [0.05, 0.1) is 12.3 Å². The molecule has 1 rings (SSSR count). The van der Waals surface area contributed by atoms with Crippen molar-refractivity contribution in [3.8, 4) is 0 Å². The Hall–Kier alpha value is -1.47. The summed E-state index contributed by atoms with van der Waals surface area (Å²) in [7, 11) is -3.48. The third kappa shape index (κ3) is 7.19. The van der Waals surface area contributed by atoms with E-state index in [2.05, 4.69) is 10.0 Å². The molecule has 2 N–H and O–H groups in total. The van der Waals surface area contributed by atoms with Crippen molar-refractivity contribution >= 4 is 15.9 Å². The van der Waals surface area contributed by atoms with Gasteiger partial charge < -0.3 is 5.32 Å². The van der Waals surface area contributed by atoms with Crippen molar-refractivity contribution < 1.29 is 17.6 Å². The van der Waals surface area contributed by atoms with Crippen LogP contribution in [-0.2, 0) is 14.8 Å². The SMILES string of the molecule is CC(C)CNC(=O)CC(NS(C)(=O)=O)c1ccc(F)cc1. The van der Waals surface area contributed by atoms with Gasteiger partial charge in [-0.3, -0.25) is 4.79 Å². The van der Waals surface area contributed by atoms with Crippen molar-refractivity contribution in [3.05, 3.63) is 35.6 Å². The number of amides is 1. The van der Waals surface area contributed by atoms with E-state index in [-0.39, 0.29) is 12.3 Å². The van der Waals surface area contributed by atoms with Crippen LogP contribution in [0.2, 0.25) is 0 Å². The second kappa shape index (κ2) is 7.51. The van der Waals surface area contributed by atoms with Crippen molar-refractivity contribution in [2.24, 2.45) is 5.92 Å². The second-order valence-electron chi connectivity index (χ2n) is 5.40. The van der Waals surface area contributed by atoms with E-state index in [1.807, 2.05) is 13.8 Å². The number of carbonyl (C=O) groups is 1. The van der Waals surface area contributed by atoms with E-state index in [0.29, 0.717) is 18.0 Å². The van der Waals surface area contributed by atoms with E-state index in [9.17, 15) is 17.6 Å². The molecule has 7 heteroatoms. The van der Waals surface area contributed by atoms with Gasteiger partial charge in [-0.05, 0) is 23.6 Å². The zero-order chi connectivity index (χ0) is 16.0. The first-order valence-corrected chi connectivity index (χ1v) is 8.56. The van der Waals surface area contributed by atoms with E-state index in [1.165, 1.54) is 24.3 Å². The Bertz CT molecular complexity index is 570. The molecule has 1 amide bonds. The number of nitrogens with one attached hydrogen (secondary N) is 2. The normalized spacial score (nSPS) is 13.2. The molecule has 0 saturated heterocycles. The maximum absolute atomic E-state index is 12.9. The lowest BCUT2D eigenvalue weighted by molar-refractivity contribution is -0.121. The topological polar surface area (TPSA) is 75.3 Å². The number of halogens is 1. The molecular weight excluding hydrogens is 295 g/mol. The van der Waals surface area contributed by atoms with Gasteiger partial charge in [-0.1, -0.05) is 26.0 Å². The maximum Gasteiger partial charge on any atom is 0.221 e. The molecule has 1 unspecified atom stereocenters. The van der Waals surface area contributed by atoms with Gasteiger partial charge in [0.25, 0.3) is 0 Å². The standard InChI is InChI=1S/C14H21FN2O3S/c1-10(2)9-16-14(18)8-13(17-21(3,19)20)11-4-6-12(15)7-5-11/h4-7,10,13,17H,8-9H2,1-3H3,(H,16,18). The van der Waals surface area contributed by atoms with Crippen LogP contribution in [0.15, 0.2) is 24.3 Å². The minimum absolute atomic E-state index is 0.0363. The van der Waals surface area contributed by atoms with Crippen molar-refractivity contribution in [3.63, 3.8) is 0 Å². The molecule has 0 bridgehead atoms. The van der Waals surface area contributed by atoms with Gasteiger partial charge in [0.2, 0.25) is 15.9 Å². The molecule has 0 aliphatic rings. The smallest absolute Gasteiger partial charge is 0.221 e. The molecule has 21 heavy (non-hydrogen) atoms. The molecule has 0 aliphatic heterocycles. The van der Waals surface area contributed by atoms with Crippen LogP contribution in [0.25, 0.3) is 0 Å². The van der Waals surface area contributed by atoms with Crippen LogP contribution in [0.3, 0.4) is 0 Å².